The highest BCUT2D eigenvalue weighted by Gasteiger charge is 2.34. The molecule has 7 nitrogen and oxygen atoms in total. The number of benzene rings is 2. The molecule has 0 saturated carbocycles. The van der Waals surface area contributed by atoms with E-state index in [1.54, 1.807) is 9.80 Å². The van der Waals surface area contributed by atoms with Crippen LogP contribution in [-0.4, -0.2) is 65.5 Å². The molecule has 1 unspecified atom stereocenters. The zero-order valence-electron chi connectivity index (χ0n) is 18.1. The molecular weight excluding hydrogens is 469 g/mol. The average molecular weight is 493 g/mol. The lowest BCUT2D eigenvalue weighted by atomic mass is 10.1. The number of nitrogens with zero attached hydrogens (tertiary/aromatic N) is 2. The Morgan fingerprint density at radius 2 is 1.71 bits per heavy atom. The Morgan fingerprint density at radius 1 is 1.03 bits per heavy atom. The standard InChI is InChI=1S/C23H23F3N4O3S/c24-23(25,26)15-5-1-2-6-16(15)27-20(31)14-29-9-11-30(12-10-29)21(32)13-19-22(33)28-17-7-3-4-8-18(17)34-19/h1-8,19H,9-14H2,(H,27,31)(H,28,33). The van der Waals surface area contributed by atoms with E-state index in [0.29, 0.717) is 26.2 Å². The molecule has 34 heavy (non-hydrogen) atoms. The Balaban J connectivity index is 1.26. The lowest BCUT2D eigenvalue weighted by molar-refractivity contribution is -0.137. The quantitative estimate of drug-likeness (QED) is 0.670. The molecule has 2 aliphatic rings. The maximum atomic E-state index is 13.1. The van der Waals surface area contributed by atoms with Gasteiger partial charge in [0.05, 0.1) is 28.7 Å². The summed E-state index contributed by atoms with van der Waals surface area (Å²) in [6.45, 7) is 1.49. The maximum absolute atomic E-state index is 13.1. The number of nitrogens with one attached hydrogen (secondary N) is 2. The summed E-state index contributed by atoms with van der Waals surface area (Å²) in [4.78, 5) is 41.8. The number of hydrogen-bond acceptors (Lipinski definition) is 5. The highest BCUT2D eigenvalue weighted by molar-refractivity contribution is 8.01. The van der Waals surface area contributed by atoms with E-state index >= 15 is 0 Å². The summed E-state index contributed by atoms with van der Waals surface area (Å²) in [5.41, 5.74) is -0.435. The first-order chi connectivity index (χ1) is 16.2. The van der Waals surface area contributed by atoms with Crippen LogP contribution in [0.5, 0.6) is 0 Å². The molecule has 0 radical (unpaired) electrons. The van der Waals surface area contributed by atoms with E-state index in [2.05, 4.69) is 10.6 Å². The number of halogens is 3. The van der Waals surface area contributed by atoms with Gasteiger partial charge in [0.15, 0.2) is 0 Å². The van der Waals surface area contributed by atoms with Crippen molar-refractivity contribution in [2.45, 2.75) is 22.7 Å². The third-order valence-corrected chi connectivity index (χ3v) is 6.94. The minimum atomic E-state index is -4.56. The number of alkyl halides is 3. The fraction of sp³-hybridized carbons (Fsp3) is 0.348. The summed E-state index contributed by atoms with van der Waals surface area (Å²) in [6, 6.07) is 12.3. The number of anilines is 2. The topological polar surface area (TPSA) is 81.8 Å². The number of rotatable bonds is 5. The number of para-hydroxylation sites is 2. The van der Waals surface area contributed by atoms with E-state index in [9.17, 15) is 27.6 Å². The van der Waals surface area contributed by atoms with Crippen LogP contribution in [-0.2, 0) is 20.6 Å². The van der Waals surface area contributed by atoms with Gasteiger partial charge in [0.25, 0.3) is 0 Å². The molecule has 2 aromatic carbocycles. The SMILES string of the molecule is O=C(CN1CCN(C(=O)CC2Sc3ccccc3NC2=O)CC1)Nc1ccccc1C(F)(F)F. The summed E-state index contributed by atoms with van der Waals surface area (Å²) in [5, 5.41) is 4.65. The van der Waals surface area contributed by atoms with Crippen LogP contribution in [0.4, 0.5) is 24.5 Å². The van der Waals surface area contributed by atoms with E-state index in [1.165, 1.54) is 30.0 Å². The summed E-state index contributed by atoms with van der Waals surface area (Å²) < 4.78 is 39.3. The Kier molecular flexibility index (Phi) is 7.13. The zero-order chi connectivity index (χ0) is 24.3. The minimum Gasteiger partial charge on any atom is -0.340 e. The van der Waals surface area contributed by atoms with E-state index in [4.69, 9.17) is 0 Å². The van der Waals surface area contributed by atoms with Gasteiger partial charge in [0.1, 0.15) is 0 Å². The van der Waals surface area contributed by atoms with Crippen molar-refractivity contribution >= 4 is 40.9 Å². The van der Waals surface area contributed by atoms with Crippen molar-refractivity contribution < 1.29 is 27.6 Å². The first-order valence-corrected chi connectivity index (χ1v) is 11.6. The molecule has 3 amide bonds. The molecule has 1 saturated heterocycles. The molecule has 2 N–H and O–H groups in total. The predicted molar refractivity (Wildman–Crippen MR) is 122 cm³/mol. The molecule has 0 aliphatic carbocycles. The number of carbonyl (C=O) groups excluding carboxylic acids is 3. The highest BCUT2D eigenvalue weighted by atomic mass is 32.2. The van der Waals surface area contributed by atoms with Crippen LogP contribution < -0.4 is 10.6 Å². The largest absolute Gasteiger partial charge is 0.418 e. The van der Waals surface area contributed by atoms with Gasteiger partial charge in [-0.2, -0.15) is 13.2 Å². The Morgan fingerprint density at radius 3 is 2.44 bits per heavy atom. The van der Waals surface area contributed by atoms with E-state index in [-0.39, 0.29) is 30.5 Å². The Labute approximate surface area is 198 Å². The van der Waals surface area contributed by atoms with Crippen molar-refractivity contribution in [2.75, 3.05) is 43.4 Å². The molecular formula is C23H23F3N4O3S. The summed E-state index contributed by atoms with van der Waals surface area (Å²) in [6.07, 6.45) is -4.50. The average Bonchev–Trinajstić information content (AvgIpc) is 2.79. The second-order valence-corrected chi connectivity index (χ2v) is 9.29. The molecule has 180 valence electrons. The van der Waals surface area contributed by atoms with Gasteiger partial charge in [-0.3, -0.25) is 19.3 Å². The molecule has 2 aromatic rings. The monoisotopic (exact) mass is 492 g/mol. The number of piperazine rings is 1. The van der Waals surface area contributed by atoms with E-state index in [1.807, 2.05) is 24.3 Å². The lowest BCUT2D eigenvalue weighted by Gasteiger charge is -2.35. The lowest BCUT2D eigenvalue weighted by Crippen LogP contribution is -2.51. The van der Waals surface area contributed by atoms with Crippen molar-refractivity contribution in [2.24, 2.45) is 0 Å². The van der Waals surface area contributed by atoms with Gasteiger partial charge in [-0.05, 0) is 24.3 Å². The molecule has 1 atom stereocenters. The van der Waals surface area contributed by atoms with Crippen LogP contribution >= 0.6 is 11.8 Å². The molecule has 1 fully saturated rings. The molecule has 2 heterocycles. The normalized spacial score (nSPS) is 18.7. The fourth-order valence-electron chi connectivity index (χ4n) is 3.90. The number of fused-ring (bicyclic) bond motifs is 1. The summed E-state index contributed by atoms with van der Waals surface area (Å²) in [5.74, 6) is -0.896. The Bertz CT molecular complexity index is 1090. The number of thioether (sulfide) groups is 1. The van der Waals surface area contributed by atoms with Crippen LogP contribution in [0.3, 0.4) is 0 Å². The summed E-state index contributed by atoms with van der Waals surface area (Å²) in [7, 11) is 0. The van der Waals surface area contributed by atoms with Crippen molar-refractivity contribution in [1.82, 2.24) is 9.80 Å². The van der Waals surface area contributed by atoms with Crippen molar-refractivity contribution in [3.05, 3.63) is 54.1 Å². The first kappa shape index (κ1) is 24.1. The van der Waals surface area contributed by atoms with Crippen molar-refractivity contribution in [1.29, 1.82) is 0 Å². The predicted octanol–water partition coefficient (Wildman–Crippen LogP) is 3.29. The smallest absolute Gasteiger partial charge is 0.340 e. The van der Waals surface area contributed by atoms with Crippen LogP contribution in [0.2, 0.25) is 0 Å². The second-order valence-electron chi connectivity index (χ2n) is 8.04. The van der Waals surface area contributed by atoms with E-state index in [0.717, 1.165) is 16.6 Å². The van der Waals surface area contributed by atoms with Gasteiger partial charge < -0.3 is 15.5 Å². The third-order valence-electron chi connectivity index (χ3n) is 5.67. The van der Waals surface area contributed by atoms with Crippen LogP contribution in [0.1, 0.15) is 12.0 Å². The molecule has 2 aliphatic heterocycles. The van der Waals surface area contributed by atoms with Crippen LogP contribution in [0.25, 0.3) is 0 Å². The third kappa shape index (κ3) is 5.71. The van der Waals surface area contributed by atoms with E-state index < -0.39 is 22.9 Å². The van der Waals surface area contributed by atoms with Gasteiger partial charge in [0, 0.05) is 37.5 Å². The zero-order valence-corrected chi connectivity index (χ0v) is 18.9. The van der Waals surface area contributed by atoms with Crippen LogP contribution in [0.15, 0.2) is 53.4 Å². The van der Waals surface area contributed by atoms with Gasteiger partial charge in [-0.25, -0.2) is 0 Å². The molecule has 11 heteroatoms. The van der Waals surface area contributed by atoms with Crippen molar-refractivity contribution in [3.63, 3.8) is 0 Å². The number of carbonyl (C=O) groups is 3. The Hall–Kier alpha value is -3.05. The van der Waals surface area contributed by atoms with Gasteiger partial charge >= 0.3 is 6.18 Å². The highest BCUT2D eigenvalue weighted by Crippen LogP contribution is 2.37. The van der Waals surface area contributed by atoms with Crippen LogP contribution in [0, 0.1) is 0 Å². The fourth-order valence-corrected chi connectivity index (χ4v) is 5.00. The summed E-state index contributed by atoms with van der Waals surface area (Å²) >= 11 is 1.37. The van der Waals surface area contributed by atoms with Crippen molar-refractivity contribution in [3.8, 4) is 0 Å². The minimum absolute atomic E-state index is 0.0690. The maximum Gasteiger partial charge on any atom is 0.418 e. The first-order valence-electron chi connectivity index (χ1n) is 10.7. The molecule has 4 rings (SSSR count). The van der Waals surface area contributed by atoms with Gasteiger partial charge in [-0.15, -0.1) is 11.8 Å². The number of amides is 3. The van der Waals surface area contributed by atoms with Gasteiger partial charge in [-0.1, -0.05) is 24.3 Å². The second kappa shape index (κ2) is 10.1. The van der Waals surface area contributed by atoms with Gasteiger partial charge in [0.2, 0.25) is 17.7 Å². The molecule has 0 aromatic heterocycles. The number of hydrogen-bond donors (Lipinski definition) is 2. The molecule has 0 spiro atoms. The molecule has 0 bridgehead atoms.